The van der Waals surface area contributed by atoms with E-state index in [1.165, 1.54) is 13.0 Å². The van der Waals surface area contributed by atoms with Crippen LogP contribution < -0.4 is 5.32 Å². The van der Waals surface area contributed by atoms with Crippen molar-refractivity contribution in [1.82, 2.24) is 5.32 Å². The molecule has 15 nitrogen and oxygen atoms in total. The molecule has 364 valence electrons. The number of allylic oxidation sites excluding steroid dienone is 2. The highest BCUT2D eigenvalue weighted by atomic mass is 16.7. The Morgan fingerprint density at radius 3 is 2.38 bits per heavy atom. The van der Waals surface area contributed by atoms with Gasteiger partial charge in [0.1, 0.15) is 35.9 Å². The van der Waals surface area contributed by atoms with Crippen LogP contribution in [0.25, 0.3) is 0 Å². The summed E-state index contributed by atoms with van der Waals surface area (Å²) in [6.45, 7) is 17.9. The van der Waals surface area contributed by atoms with Gasteiger partial charge in [0.2, 0.25) is 5.91 Å². The fraction of sp³-hybridized carbons (Fsp3) is 0.760. The maximum absolute atomic E-state index is 14.3. The lowest BCUT2D eigenvalue weighted by Crippen LogP contribution is -2.59. The van der Waals surface area contributed by atoms with E-state index in [4.69, 9.17) is 47.4 Å². The van der Waals surface area contributed by atoms with Crippen LogP contribution >= 0.6 is 0 Å². The third-order valence-electron chi connectivity index (χ3n) is 14.9. The molecule has 1 spiro atoms. The average Bonchev–Trinajstić information content (AvgIpc) is 3.60. The summed E-state index contributed by atoms with van der Waals surface area (Å²) in [4.78, 5) is 26.2. The molecule has 4 saturated heterocycles. The number of rotatable bonds is 9. The van der Waals surface area contributed by atoms with Gasteiger partial charge >= 0.3 is 5.97 Å². The van der Waals surface area contributed by atoms with Crippen molar-refractivity contribution in [1.29, 1.82) is 0 Å². The number of aliphatic hydroxyl groups excluding tert-OH is 1. The van der Waals surface area contributed by atoms with Crippen molar-refractivity contribution in [2.75, 3.05) is 20.8 Å². The number of carbonyl (C=O) groups is 2. The summed E-state index contributed by atoms with van der Waals surface area (Å²) in [5.74, 6) is -2.84. The molecule has 0 radical (unpaired) electrons. The van der Waals surface area contributed by atoms with E-state index in [-0.39, 0.29) is 61.0 Å². The van der Waals surface area contributed by atoms with Crippen LogP contribution in [0.4, 0.5) is 0 Å². The van der Waals surface area contributed by atoms with E-state index >= 15 is 0 Å². The first-order valence-corrected chi connectivity index (χ1v) is 23.8. The predicted octanol–water partition coefficient (Wildman–Crippen LogP) is 5.52. The van der Waals surface area contributed by atoms with Gasteiger partial charge in [-0.05, 0) is 57.3 Å². The van der Waals surface area contributed by atoms with Gasteiger partial charge in [0.05, 0.1) is 54.9 Å². The van der Waals surface area contributed by atoms with E-state index in [0.717, 1.165) is 12.0 Å². The van der Waals surface area contributed by atoms with Gasteiger partial charge in [-0.15, -0.1) is 0 Å². The van der Waals surface area contributed by atoms with Crippen LogP contribution in [-0.4, -0.2) is 140 Å². The quantitative estimate of drug-likeness (QED) is 0.195. The molecule has 2 bridgehead atoms. The SMILES string of the molecule is CC[C@H](C)[C@H]1O[C@]2(C=C[C@@H]1C)C[C@@H]1C[C@@](C)(C/C=C(\C)C(O[C@@H]3C[C@@H](OC)C(O[C@H]4C[C@H](OC)[C@@H](NC(C)=O)[C@H](C)O4)[C@@H](C)O3)[C@@H](C)/C=C/C=C3\CO[C@@H]4[C@H](O)C=C[C@@H](C(=O)O1)[C@]34O)O2. The molecule has 1 aliphatic carbocycles. The molecule has 0 aromatic heterocycles. The topological polar surface area (TPSA) is 179 Å². The number of fused-ring (bicyclic) bond motifs is 2. The summed E-state index contributed by atoms with van der Waals surface area (Å²) in [6.07, 6.45) is 11.1. The van der Waals surface area contributed by atoms with Crippen molar-refractivity contribution >= 4 is 11.9 Å². The first-order chi connectivity index (χ1) is 30.8. The summed E-state index contributed by atoms with van der Waals surface area (Å²) in [7, 11) is 3.27. The van der Waals surface area contributed by atoms with Crippen molar-refractivity contribution in [2.24, 2.45) is 23.7 Å². The van der Waals surface area contributed by atoms with Crippen molar-refractivity contribution in [3.63, 3.8) is 0 Å². The van der Waals surface area contributed by atoms with Crippen LogP contribution in [0.15, 0.2) is 59.8 Å². The third-order valence-corrected chi connectivity index (χ3v) is 14.9. The number of ether oxygens (including phenoxy) is 10. The van der Waals surface area contributed by atoms with E-state index in [9.17, 15) is 19.8 Å². The molecule has 7 aliphatic rings. The van der Waals surface area contributed by atoms with E-state index in [1.807, 2.05) is 45.9 Å². The van der Waals surface area contributed by atoms with Crippen molar-refractivity contribution < 1.29 is 67.2 Å². The van der Waals surface area contributed by atoms with E-state index in [0.29, 0.717) is 31.3 Å². The number of aliphatic hydroxyl groups is 2. The smallest absolute Gasteiger partial charge is 0.316 e. The molecule has 65 heavy (non-hydrogen) atoms. The Kier molecular flexibility index (Phi) is 15.7. The predicted molar refractivity (Wildman–Crippen MR) is 239 cm³/mol. The molecule has 20 atom stereocenters. The van der Waals surface area contributed by atoms with Gasteiger partial charge in [-0.3, -0.25) is 9.59 Å². The van der Waals surface area contributed by atoms with Gasteiger partial charge in [0.15, 0.2) is 18.4 Å². The third kappa shape index (κ3) is 10.6. The number of methoxy groups -OCH3 is 2. The number of carbonyl (C=O) groups excluding carboxylic acids is 2. The Labute approximate surface area is 385 Å². The lowest BCUT2D eigenvalue weighted by atomic mass is 9.73. The standard InChI is InChI=1S/C50H75NO14/c1-12-27(2)44-30(5)19-21-49(64-44)25-35-24-48(9,65-49)20-18-29(4)43(28(3)14-13-15-34-26-58-46-37(53)17-16-36(47(54)61-35)50(34,46)55)62-41-23-39(57-11)45(32(7)60-41)63-40-22-38(56-10)42(31(6)59-40)51-33(8)52/h13-19,21,27-28,30-32,35-46,53,55H,12,20,22-26H2,1-11H3,(H,51,52)/b14-13+,29-18+,34-15+/t27-,28-,30-,31-,32+,35-,36-,37+,38-,39+,40-,41+,42-,43?,44+,45?,46+,48+,49-,50+/m0/s1. The molecule has 3 N–H and O–H groups in total. The Hall–Kier alpha value is -2.80. The minimum Gasteiger partial charge on any atom is -0.461 e. The first kappa shape index (κ1) is 50.1. The minimum atomic E-state index is -1.84. The van der Waals surface area contributed by atoms with Crippen LogP contribution in [0.1, 0.15) is 101 Å². The summed E-state index contributed by atoms with van der Waals surface area (Å²) in [6, 6.07) is -0.316. The summed E-state index contributed by atoms with van der Waals surface area (Å²) < 4.78 is 64.6. The van der Waals surface area contributed by atoms with Crippen molar-refractivity contribution in [2.45, 2.75) is 197 Å². The summed E-state index contributed by atoms with van der Waals surface area (Å²) >= 11 is 0. The Bertz CT molecular complexity index is 1850. The number of esters is 1. The highest BCUT2D eigenvalue weighted by molar-refractivity contribution is 5.78. The molecule has 0 saturated carbocycles. The van der Waals surface area contributed by atoms with Crippen LogP contribution in [0.2, 0.25) is 0 Å². The van der Waals surface area contributed by atoms with Crippen LogP contribution in [0, 0.1) is 23.7 Å². The monoisotopic (exact) mass is 914 g/mol. The highest BCUT2D eigenvalue weighted by Gasteiger charge is 2.59. The lowest BCUT2D eigenvalue weighted by Gasteiger charge is -2.51. The zero-order valence-electron chi connectivity index (χ0n) is 40.2. The van der Waals surface area contributed by atoms with Crippen LogP contribution in [-0.2, 0) is 57.0 Å². The van der Waals surface area contributed by atoms with E-state index in [2.05, 4.69) is 45.2 Å². The second-order valence-corrected chi connectivity index (χ2v) is 20.0. The molecule has 7 rings (SSSR count). The van der Waals surface area contributed by atoms with E-state index < -0.39 is 84.2 Å². The van der Waals surface area contributed by atoms with Gasteiger partial charge in [-0.1, -0.05) is 76.6 Å². The number of amides is 1. The summed E-state index contributed by atoms with van der Waals surface area (Å²) in [5.41, 5.74) is -1.28. The second-order valence-electron chi connectivity index (χ2n) is 20.0. The molecule has 1 amide bonds. The summed E-state index contributed by atoms with van der Waals surface area (Å²) in [5, 5.41) is 26.4. The van der Waals surface area contributed by atoms with Crippen molar-refractivity contribution in [3.05, 3.63) is 59.8 Å². The Balaban J connectivity index is 1.17. The molecule has 0 aromatic carbocycles. The van der Waals surface area contributed by atoms with Crippen molar-refractivity contribution in [3.8, 4) is 0 Å². The van der Waals surface area contributed by atoms with E-state index in [1.54, 1.807) is 26.4 Å². The maximum Gasteiger partial charge on any atom is 0.316 e. The largest absolute Gasteiger partial charge is 0.461 e. The molecule has 15 heteroatoms. The van der Waals surface area contributed by atoms with Gasteiger partial charge < -0.3 is 62.9 Å². The number of hydrogen-bond acceptors (Lipinski definition) is 14. The Morgan fingerprint density at radius 1 is 0.969 bits per heavy atom. The Morgan fingerprint density at radius 2 is 1.68 bits per heavy atom. The zero-order chi connectivity index (χ0) is 47.0. The van der Waals surface area contributed by atoms with Gasteiger partial charge in [0, 0.05) is 58.7 Å². The fourth-order valence-electron chi connectivity index (χ4n) is 11.1. The second kappa shape index (κ2) is 20.4. The number of nitrogens with one attached hydrogen (secondary N) is 1. The molecular weight excluding hydrogens is 839 g/mol. The van der Waals surface area contributed by atoms with Gasteiger partial charge in [-0.25, -0.2) is 0 Å². The van der Waals surface area contributed by atoms with Crippen LogP contribution in [0.5, 0.6) is 0 Å². The molecule has 4 fully saturated rings. The first-order valence-electron chi connectivity index (χ1n) is 23.8. The minimum absolute atomic E-state index is 0.0236. The maximum atomic E-state index is 14.3. The molecule has 6 heterocycles. The average molecular weight is 914 g/mol. The fourth-order valence-corrected chi connectivity index (χ4v) is 11.1. The molecule has 0 aromatic rings. The lowest BCUT2D eigenvalue weighted by molar-refractivity contribution is -0.325. The normalized spacial score (nSPS) is 48.3. The molecular formula is C50H75NO14. The van der Waals surface area contributed by atoms with Gasteiger partial charge in [0.25, 0.3) is 0 Å². The highest BCUT2D eigenvalue weighted by Crippen LogP contribution is 2.48. The number of hydrogen-bond donors (Lipinski definition) is 3. The van der Waals surface area contributed by atoms with Crippen LogP contribution in [0.3, 0.4) is 0 Å². The molecule has 6 aliphatic heterocycles. The molecule has 2 unspecified atom stereocenters. The zero-order valence-corrected chi connectivity index (χ0v) is 40.2. The van der Waals surface area contributed by atoms with Gasteiger partial charge in [-0.2, -0.15) is 0 Å².